The molecule has 0 fully saturated rings. The van der Waals surface area contributed by atoms with Gasteiger partial charge in [-0.3, -0.25) is 4.79 Å². The largest absolute Gasteiger partial charge is 1.00 e. The van der Waals surface area contributed by atoms with Crippen LogP contribution in [0.3, 0.4) is 0 Å². The van der Waals surface area contributed by atoms with E-state index in [0.717, 1.165) is 18.7 Å². The molecule has 0 atom stereocenters. The molecule has 0 bridgehead atoms. The van der Waals surface area contributed by atoms with Gasteiger partial charge in [-0.1, -0.05) is 22.9 Å². The predicted molar refractivity (Wildman–Crippen MR) is 77.2 cm³/mol. The minimum absolute atomic E-state index is 0. The first-order valence-electron chi connectivity index (χ1n) is 6.17. The SMILES string of the molecule is Cc1csc2[n+]1CCN2CC(=O)c1ccc(Cl)cc1.[Br-]. The predicted octanol–water partition coefficient (Wildman–Crippen LogP) is -0.296. The molecule has 0 N–H and O–H groups in total. The molecule has 0 unspecified atom stereocenters. The number of carbonyl (C=O) groups is 1. The third kappa shape index (κ3) is 2.90. The lowest BCUT2D eigenvalue weighted by atomic mass is 10.1. The topological polar surface area (TPSA) is 24.2 Å². The molecule has 3 nitrogen and oxygen atoms in total. The second kappa shape index (κ2) is 6.24. The second-order valence-electron chi connectivity index (χ2n) is 4.66. The molecule has 106 valence electrons. The fraction of sp³-hybridized carbons (Fsp3) is 0.286. The quantitative estimate of drug-likeness (QED) is 0.545. The molecule has 0 amide bonds. The maximum absolute atomic E-state index is 12.2. The number of aromatic nitrogens is 1. The van der Waals surface area contributed by atoms with Crippen molar-refractivity contribution in [2.45, 2.75) is 13.5 Å². The average Bonchev–Trinajstić information content (AvgIpc) is 2.95. The monoisotopic (exact) mass is 372 g/mol. The maximum atomic E-state index is 12.2. The van der Waals surface area contributed by atoms with Gasteiger partial charge in [0.15, 0.2) is 0 Å². The van der Waals surface area contributed by atoms with Crippen LogP contribution in [0.4, 0.5) is 5.13 Å². The number of Topliss-reactive ketones (excluding diaryl/α,β-unsaturated/α-hetero) is 1. The van der Waals surface area contributed by atoms with E-state index in [9.17, 15) is 4.79 Å². The van der Waals surface area contributed by atoms with Crippen molar-refractivity contribution in [1.29, 1.82) is 0 Å². The molecule has 2 heterocycles. The van der Waals surface area contributed by atoms with E-state index >= 15 is 0 Å². The number of hydrogen-bond acceptors (Lipinski definition) is 3. The smallest absolute Gasteiger partial charge is 0.336 e. The van der Waals surface area contributed by atoms with Crippen molar-refractivity contribution in [1.82, 2.24) is 0 Å². The Morgan fingerprint density at radius 2 is 2.10 bits per heavy atom. The Hall–Kier alpha value is -0.910. The zero-order chi connectivity index (χ0) is 13.4. The van der Waals surface area contributed by atoms with Crippen molar-refractivity contribution in [2.75, 3.05) is 18.0 Å². The van der Waals surface area contributed by atoms with E-state index in [2.05, 4.69) is 21.8 Å². The third-order valence-corrected chi connectivity index (χ3v) is 4.76. The van der Waals surface area contributed by atoms with Crippen LogP contribution >= 0.6 is 22.9 Å². The normalized spacial score (nSPS) is 13.0. The Bertz CT molecular complexity index is 627. The lowest BCUT2D eigenvalue weighted by Crippen LogP contribution is -3.00. The first-order valence-corrected chi connectivity index (χ1v) is 7.42. The van der Waals surface area contributed by atoms with Gasteiger partial charge in [0, 0.05) is 16.0 Å². The van der Waals surface area contributed by atoms with Crippen LogP contribution in [0.25, 0.3) is 0 Å². The highest BCUT2D eigenvalue weighted by molar-refractivity contribution is 7.13. The molecule has 1 aromatic carbocycles. The van der Waals surface area contributed by atoms with Crippen molar-refractivity contribution in [3.63, 3.8) is 0 Å². The van der Waals surface area contributed by atoms with Gasteiger partial charge in [-0.2, -0.15) is 0 Å². The number of hydrogen-bond donors (Lipinski definition) is 0. The number of fused-ring (bicyclic) bond motifs is 1. The number of halogens is 2. The van der Waals surface area contributed by atoms with Crippen molar-refractivity contribution in [2.24, 2.45) is 0 Å². The molecule has 2 aromatic rings. The van der Waals surface area contributed by atoms with Crippen molar-refractivity contribution < 1.29 is 26.3 Å². The molecule has 1 aromatic heterocycles. The van der Waals surface area contributed by atoms with Crippen LogP contribution in [0.5, 0.6) is 0 Å². The van der Waals surface area contributed by atoms with Gasteiger partial charge in [-0.05, 0) is 31.2 Å². The number of thiazole rings is 1. The summed E-state index contributed by atoms with van der Waals surface area (Å²) in [5, 5.41) is 3.97. The van der Waals surface area contributed by atoms with Crippen molar-refractivity contribution >= 4 is 33.9 Å². The number of rotatable bonds is 3. The van der Waals surface area contributed by atoms with E-state index in [1.807, 2.05) is 0 Å². The van der Waals surface area contributed by atoms with Crippen LogP contribution in [-0.2, 0) is 6.54 Å². The van der Waals surface area contributed by atoms with Gasteiger partial charge in [0.1, 0.15) is 25.3 Å². The first kappa shape index (κ1) is 15.5. The number of nitrogens with zero attached hydrogens (tertiary/aromatic N) is 2. The Kier molecular flexibility index (Phi) is 4.83. The summed E-state index contributed by atoms with van der Waals surface area (Å²) in [6.45, 7) is 4.41. The van der Waals surface area contributed by atoms with E-state index in [1.54, 1.807) is 35.6 Å². The summed E-state index contributed by atoms with van der Waals surface area (Å²) in [5.41, 5.74) is 1.98. The molecule has 0 radical (unpaired) electrons. The number of aryl methyl sites for hydroxylation is 1. The fourth-order valence-corrected chi connectivity index (χ4v) is 3.49. The Morgan fingerprint density at radius 3 is 2.80 bits per heavy atom. The average molecular weight is 374 g/mol. The number of carbonyl (C=O) groups excluding carboxylic acids is 1. The van der Waals surface area contributed by atoms with Crippen LogP contribution in [0.15, 0.2) is 29.6 Å². The van der Waals surface area contributed by atoms with Crippen LogP contribution in [0.2, 0.25) is 5.02 Å². The van der Waals surface area contributed by atoms with Crippen molar-refractivity contribution in [3.8, 4) is 0 Å². The minimum atomic E-state index is 0. The zero-order valence-electron chi connectivity index (χ0n) is 11.0. The Labute approximate surface area is 137 Å². The van der Waals surface area contributed by atoms with Gasteiger partial charge < -0.3 is 17.0 Å². The Balaban J connectivity index is 0.00000147. The highest BCUT2D eigenvalue weighted by Gasteiger charge is 2.32. The number of benzene rings is 1. The Morgan fingerprint density at radius 1 is 1.40 bits per heavy atom. The van der Waals surface area contributed by atoms with Gasteiger partial charge >= 0.3 is 5.13 Å². The second-order valence-corrected chi connectivity index (χ2v) is 5.94. The van der Waals surface area contributed by atoms with E-state index in [4.69, 9.17) is 11.6 Å². The molecular formula is C14H14BrClN2OS. The molecule has 0 saturated heterocycles. The van der Waals surface area contributed by atoms with E-state index in [0.29, 0.717) is 11.6 Å². The third-order valence-electron chi connectivity index (χ3n) is 3.36. The molecule has 0 saturated carbocycles. The summed E-state index contributed by atoms with van der Waals surface area (Å²) in [6.07, 6.45) is 0. The summed E-state index contributed by atoms with van der Waals surface area (Å²) in [4.78, 5) is 14.4. The number of anilines is 1. The molecule has 0 aliphatic carbocycles. The lowest BCUT2D eigenvalue weighted by molar-refractivity contribution is -0.673. The van der Waals surface area contributed by atoms with Crippen LogP contribution in [0, 0.1) is 6.92 Å². The van der Waals surface area contributed by atoms with Gasteiger partial charge in [-0.15, -0.1) is 0 Å². The molecule has 1 aliphatic rings. The van der Waals surface area contributed by atoms with Crippen LogP contribution in [-0.4, -0.2) is 18.9 Å². The van der Waals surface area contributed by atoms with Gasteiger partial charge in [0.25, 0.3) is 0 Å². The van der Waals surface area contributed by atoms with E-state index in [-0.39, 0.29) is 22.8 Å². The van der Waals surface area contributed by atoms with Gasteiger partial charge in [0.05, 0.1) is 0 Å². The summed E-state index contributed by atoms with van der Waals surface area (Å²) in [7, 11) is 0. The standard InChI is InChI=1S/C14H14ClN2OS.BrH/c1-10-9-19-14-16(6-7-17(10)14)8-13(18)11-2-4-12(15)5-3-11;/h2-5,9H,6-8H2,1H3;1H/q+1;/p-1. The van der Waals surface area contributed by atoms with E-state index < -0.39 is 0 Å². The van der Waals surface area contributed by atoms with Crippen LogP contribution in [0.1, 0.15) is 16.1 Å². The number of ketones is 1. The summed E-state index contributed by atoms with van der Waals surface area (Å²) in [6, 6.07) is 7.09. The van der Waals surface area contributed by atoms with E-state index in [1.165, 1.54) is 10.8 Å². The molecule has 0 spiro atoms. The summed E-state index contributed by atoms with van der Waals surface area (Å²) < 4.78 is 2.26. The summed E-state index contributed by atoms with van der Waals surface area (Å²) in [5.74, 6) is 0.135. The highest BCUT2D eigenvalue weighted by atomic mass is 79.9. The van der Waals surface area contributed by atoms with Crippen LogP contribution < -0.4 is 26.4 Å². The molecular weight excluding hydrogens is 360 g/mol. The fourth-order valence-electron chi connectivity index (χ4n) is 2.30. The molecule has 20 heavy (non-hydrogen) atoms. The first-order chi connectivity index (χ1) is 9.15. The summed E-state index contributed by atoms with van der Waals surface area (Å²) >= 11 is 7.53. The minimum Gasteiger partial charge on any atom is -1.00 e. The van der Waals surface area contributed by atoms with Gasteiger partial charge in [0.2, 0.25) is 5.78 Å². The maximum Gasteiger partial charge on any atom is 0.336 e. The van der Waals surface area contributed by atoms with Crippen molar-refractivity contribution in [3.05, 3.63) is 45.9 Å². The zero-order valence-corrected chi connectivity index (χ0v) is 14.1. The molecule has 6 heteroatoms. The lowest BCUT2D eigenvalue weighted by Gasteiger charge is -2.07. The molecule has 1 aliphatic heterocycles. The highest BCUT2D eigenvalue weighted by Crippen LogP contribution is 2.22. The molecule has 3 rings (SSSR count). The van der Waals surface area contributed by atoms with Gasteiger partial charge in [-0.25, -0.2) is 9.47 Å².